The molecule has 0 aliphatic carbocycles. The van der Waals surface area contributed by atoms with Gasteiger partial charge in [0.25, 0.3) is 0 Å². The number of ether oxygens (including phenoxy) is 4. The highest BCUT2D eigenvalue weighted by atomic mass is 16.6. The van der Waals surface area contributed by atoms with E-state index < -0.39 is 11.7 Å². The zero-order valence-electron chi connectivity index (χ0n) is 17.7. The number of carbonyl (C=O) groups is 1. The van der Waals surface area contributed by atoms with E-state index in [4.69, 9.17) is 18.9 Å². The van der Waals surface area contributed by atoms with E-state index >= 15 is 0 Å². The van der Waals surface area contributed by atoms with Crippen LogP contribution in [-0.2, 0) is 19.9 Å². The lowest BCUT2D eigenvalue weighted by Gasteiger charge is -2.36. The second kappa shape index (κ2) is 9.33. The van der Waals surface area contributed by atoms with Crippen LogP contribution in [-0.4, -0.2) is 39.3 Å². The molecule has 5 heteroatoms. The Hall–Kier alpha value is -3.15. The van der Waals surface area contributed by atoms with Crippen LogP contribution in [0.1, 0.15) is 23.1 Å². The predicted molar refractivity (Wildman–Crippen MR) is 118 cm³/mol. The zero-order chi connectivity index (χ0) is 21.7. The Morgan fingerprint density at radius 2 is 1.32 bits per heavy atom. The molecule has 0 radical (unpaired) electrons. The van der Waals surface area contributed by atoms with Gasteiger partial charge in [-0.25, -0.2) is 0 Å². The fraction of sp³-hybridized carbons (Fsp3) is 0.269. The van der Waals surface area contributed by atoms with Crippen molar-refractivity contribution in [3.63, 3.8) is 0 Å². The molecule has 0 aromatic heterocycles. The first-order chi connectivity index (χ1) is 15.2. The van der Waals surface area contributed by atoms with Crippen LogP contribution in [0, 0.1) is 0 Å². The summed E-state index contributed by atoms with van der Waals surface area (Å²) in [6.45, 7) is 0.599. The molecule has 160 valence electrons. The third kappa shape index (κ3) is 4.20. The average Bonchev–Trinajstić information content (AvgIpc) is 3.25. The minimum atomic E-state index is -0.938. The van der Waals surface area contributed by atoms with Crippen LogP contribution in [0.5, 0.6) is 11.5 Å². The van der Waals surface area contributed by atoms with Crippen molar-refractivity contribution in [2.24, 2.45) is 0 Å². The fourth-order valence-corrected chi connectivity index (χ4v) is 3.97. The van der Waals surface area contributed by atoms with Crippen LogP contribution < -0.4 is 9.47 Å². The van der Waals surface area contributed by atoms with E-state index in [0.717, 1.165) is 28.2 Å². The Morgan fingerprint density at radius 1 is 0.806 bits per heavy atom. The van der Waals surface area contributed by atoms with E-state index in [9.17, 15) is 4.79 Å². The van der Waals surface area contributed by atoms with E-state index in [1.807, 2.05) is 78.9 Å². The van der Waals surface area contributed by atoms with E-state index in [0.29, 0.717) is 13.0 Å². The number of hydrogen-bond acceptors (Lipinski definition) is 5. The first-order valence-electron chi connectivity index (χ1n) is 10.3. The fourth-order valence-electron chi connectivity index (χ4n) is 3.97. The Kier molecular flexibility index (Phi) is 6.35. The smallest absolute Gasteiger partial charge is 0.166 e. The first-order valence-corrected chi connectivity index (χ1v) is 10.3. The molecule has 1 saturated heterocycles. The highest BCUT2D eigenvalue weighted by Gasteiger charge is 2.40. The van der Waals surface area contributed by atoms with Crippen LogP contribution in [0.25, 0.3) is 0 Å². The van der Waals surface area contributed by atoms with Crippen molar-refractivity contribution < 1.29 is 23.7 Å². The minimum Gasteiger partial charge on any atom is -0.497 e. The van der Waals surface area contributed by atoms with Gasteiger partial charge in [-0.2, -0.15) is 0 Å². The average molecular weight is 418 g/mol. The van der Waals surface area contributed by atoms with Gasteiger partial charge in [0, 0.05) is 6.42 Å². The van der Waals surface area contributed by atoms with Crippen LogP contribution in [0.2, 0.25) is 0 Å². The van der Waals surface area contributed by atoms with Crippen LogP contribution >= 0.6 is 0 Å². The molecule has 1 aliphatic rings. The maximum Gasteiger partial charge on any atom is 0.166 e. The molecule has 1 heterocycles. The molecule has 0 bridgehead atoms. The molecule has 3 aromatic rings. The topological polar surface area (TPSA) is 54.0 Å². The molecule has 3 aromatic carbocycles. The third-order valence-electron chi connectivity index (χ3n) is 5.65. The van der Waals surface area contributed by atoms with Crippen LogP contribution in [0.4, 0.5) is 0 Å². The number of methoxy groups -OCH3 is 2. The molecule has 1 atom stereocenters. The summed E-state index contributed by atoms with van der Waals surface area (Å²) in [5.41, 5.74) is 1.87. The van der Waals surface area contributed by atoms with Crippen LogP contribution in [0.3, 0.4) is 0 Å². The maximum atomic E-state index is 12.2. The number of rotatable bonds is 8. The molecule has 1 fully saturated rings. The second-order valence-electron chi connectivity index (χ2n) is 7.39. The maximum absolute atomic E-state index is 12.2. The van der Waals surface area contributed by atoms with Gasteiger partial charge in [0.2, 0.25) is 0 Å². The van der Waals surface area contributed by atoms with E-state index in [1.165, 1.54) is 0 Å². The van der Waals surface area contributed by atoms with Gasteiger partial charge in [0.1, 0.15) is 23.2 Å². The van der Waals surface area contributed by atoms with Crippen molar-refractivity contribution in [1.29, 1.82) is 0 Å². The Bertz CT molecular complexity index is 949. The summed E-state index contributed by atoms with van der Waals surface area (Å²) in [5.74, 6) is 1.59. The summed E-state index contributed by atoms with van der Waals surface area (Å²) >= 11 is 0. The lowest BCUT2D eigenvalue weighted by atomic mass is 9.80. The highest BCUT2D eigenvalue weighted by molar-refractivity contribution is 5.84. The standard InChI is InChI=1S/C26H26O5/c1-28-22-12-8-20(9-13-22)26(19-6-4-3-5-7-19,21-10-14-23(29-2)15-11-21)31-18-25-24(27)16-17-30-25/h3-15,25H,16-18H2,1-2H3. The normalized spacial score (nSPS) is 16.3. The molecule has 5 nitrogen and oxygen atoms in total. The molecular weight excluding hydrogens is 392 g/mol. The molecule has 1 aliphatic heterocycles. The highest BCUT2D eigenvalue weighted by Crippen LogP contribution is 2.42. The third-order valence-corrected chi connectivity index (χ3v) is 5.65. The number of carbonyl (C=O) groups excluding carboxylic acids is 1. The van der Waals surface area contributed by atoms with Crippen molar-refractivity contribution >= 4 is 5.78 Å². The van der Waals surface area contributed by atoms with Gasteiger partial charge in [0.15, 0.2) is 5.78 Å². The quantitative estimate of drug-likeness (QED) is 0.509. The molecular formula is C26H26O5. The monoisotopic (exact) mass is 418 g/mol. The summed E-state index contributed by atoms with van der Waals surface area (Å²) in [6.07, 6.45) is -0.128. The lowest BCUT2D eigenvalue weighted by molar-refractivity contribution is -0.127. The van der Waals surface area contributed by atoms with Crippen molar-refractivity contribution in [2.75, 3.05) is 27.4 Å². The van der Waals surface area contributed by atoms with Gasteiger partial charge < -0.3 is 18.9 Å². The SMILES string of the molecule is COc1ccc(C(OCC2OCCC2=O)(c2ccccc2)c2ccc(OC)cc2)cc1. The predicted octanol–water partition coefficient (Wildman–Crippen LogP) is 4.37. The number of benzene rings is 3. The molecule has 0 saturated carbocycles. The Labute approximate surface area is 182 Å². The van der Waals surface area contributed by atoms with Gasteiger partial charge in [0.05, 0.1) is 27.4 Å². The lowest BCUT2D eigenvalue weighted by Crippen LogP contribution is -2.37. The van der Waals surface area contributed by atoms with Crippen molar-refractivity contribution in [3.8, 4) is 11.5 Å². The molecule has 4 rings (SSSR count). The summed E-state index contributed by atoms with van der Waals surface area (Å²) in [5, 5.41) is 0. The summed E-state index contributed by atoms with van der Waals surface area (Å²) in [6, 6.07) is 25.6. The van der Waals surface area contributed by atoms with Gasteiger partial charge >= 0.3 is 0 Å². The summed E-state index contributed by atoms with van der Waals surface area (Å²) < 4.78 is 23.0. The second-order valence-corrected chi connectivity index (χ2v) is 7.39. The number of Topliss-reactive ketones (excluding diaryl/α,β-unsaturated/α-hetero) is 1. The Morgan fingerprint density at radius 3 is 1.77 bits per heavy atom. The van der Waals surface area contributed by atoms with Gasteiger partial charge in [-0.3, -0.25) is 4.79 Å². The molecule has 0 amide bonds. The van der Waals surface area contributed by atoms with Crippen LogP contribution in [0.15, 0.2) is 78.9 Å². The van der Waals surface area contributed by atoms with Gasteiger partial charge in [-0.15, -0.1) is 0 Å². The number of hydrogen-bond donors (Lipinski definition) is 0. The van der Waals surface area contributed by atoms with Gasteiger partial charge in [-0.1, -0.05) is 54.6 Å². The van der Waals surface area contributed by atoms with Crippen molar-refractivity contribution in [3.05, 3.63) is 95.6 Å². The minimum absolute atomic E-state index is 0.0754. The molecule has 31 heavy (non-hydrogen) atoms. The van der Waals surface area contributed by atoms with Gasteiger partial charge in [-0.05, 0) is 41.0 Å². The summed E-state index contributed by atoms with van der Waals surface area (Å²) in [7, 11) is 3.28. The Balaban J connectivity index is 1.86. The summed E-state index contributed by atoms with van der Waals surface area (Å²) in [4.78, 5) is 12.2. The molecule has 0 N–H and O–H groups in total. The van der Waals surface area contributed by atoms with Crippen molar-refractivity contribution in [2.45, 2.75) is 18.1 Å². The van der Waals surface area contributed by atoms with E-state index in [-0.39, 0.29) is 12.4 Å². The van der Waals surface area contributed by atoms with E-state index in [2.05, 4.69) is 0 Å². The van der Waals surface area contributed by atoms with E-state index in [1.54, 1.807) is 14.2 Å². The molecule has 0 spiro atoms. The number of ketones is 1. The largest absolute Gasteiger partial charge is 0.497 e. The zero-order valence-corrected chi connectivity index (χ0v) is 17.7. The van der Waals surface area contributed by atoms with Crippen molar-refractivity contribution in [1.82, 2.24) is 0 Å². The first kappa shape index (κ1) is 21.1. The molecule has 1 unspecified atom stereocenters.